The number of fused-ring (bicyclic) bond motifs is 3. The molecule has 5 aromatic carbocycles. The Balaban J connectivity index is 0.00000208. The topological polar surface area (TPSA) is 25.8 Å². The average Bonchev–Trinajstić information content (AvgIpc) is 3.07. The number of nitrogens with zero attached hydrogens (tertiary/aromatic N) is 2. The third-order valence-electron chi connectivity index (χ3n) is 7.91. The minimum Gasteiger partial charge on any atom is -0.253 e. The van der Waals surface area contributed by atoms with E-state index < -0.39 is 0 Å². The van der Waals surface area contributed by atoms with Crippen molar-refractivity contribution in [3.63, 3.8) is 0 Å². The van der Waals surface area contributed by atoms with Gasteiger partial charge in [-0.2, -0.15) is 59.7 Å². The molecule has 2 nitrogen and oxygen atoms in total. The fraction of sp³-hybridized carbons (Fsp3) is 0.0476. The van der Waals surface area contributed by atoms with E-state index in [0.717, 1.165) is 77.4 Å². The molecule has 0 aliphatic rings. The maximum atomic E-state index is 4.87. The third kappa shape index (κ3) is 7.93. The van der Waals surface area contributed by atoms with Crippen molar-refractivity contribution in [2.45, 2.75) is 13.8 Å². The van der Waals surface area contributed by atoms with Crippen molar-refractivity contribution in [1.82, 2.24) is 9.97 Å². The van der Waals surface area contributed by atoms with Gasteiger partial charge >= 0.3 is 0 Å². The number of aryl methyl sites for hydroxylation is 2. The van der Waals surface area contributed by atoms with Crippen molar-refractivity contribution in [2.75, 3.05) is 0 Å². The quantitative estimate of drug-likeness (QED) is 0.0964. The molecule has 216 valence electrons. The zero-order valence-electron chi connectivity index (χ0n) is 25.9. The SMILES string of the molecule is Cc1[c-]cc(/C=C/c2ccc(-c3cnc4c(ccc5cc(-c6ccc(/C=C/c7c[c-]c(C)cc7)cc6)cnc54)c3)cc2)cc1.[Y].[Y]. The van der Waals surface area contributed by atoms with Gasteiger partial charge in [0.15, 0.2) is 0 Å². The number of hydrogen-bond donors (Lipinski definition) is 0. The Bertz CT molecular complexity index is 1990. The standard InChI is InChI=1S/C42H30N2.2Y/c1-29-3-7-31(8-4-29)11-13-33-15-19-35(20-16-33)39-25-37-23-24-38-26-40(28-44-42(38)41(37)43-27-39)36-21-17-34(18-22-36)14-12-32-9-5-30(2)6-10-32;;/h3,5,7-28H,1-2H3;;/q-2;;/b13-11+,14-12+;;. The number of rotatable bonds is 6. The van der Waals surface area contributed by atoms with E-state index in [4.69, 9.17) is 9.97 Å². The van der Waals surface area contributed by atoms with Crippen LogP contribution in [0.25, 0.3) is 68.4 Å². The fourth-order valence-corrected chi connectivity index (χ4v) is 5.30. The predicted molar refractivity (Wildman–Crippen MR) is 186 cm³/mol. The van der Waals surface area contributed by atoms with E-state index in [1.807, 2.05) is 24.5 Å². The maximum Gasteiger partial charge on any atom is 0.0965 e. The number of hydrogen-bond acceptors (Lipinski definition) is 2. The van der Waals surface area contributed by atoms with Crippen molar-refractivity contribution in [2.24, 2.45) is 0 Å². The summed E-state index contributed by atoms with van der Waals surface area (Å²) < 4.78 is 0. The molecule has 0 atom stereocenters. The minimum absolute atomic E-state index is 0. The molecule has 0 aliphatic carbocycles. The molecule has 0 spiro atoms. The van der Waals surface area contributed by atoms with Gasteiger partial charge in [-0.3, -0.25) is 9.97 Å². The van der Waals surface area contributed by atoms with E-state index in [0.29, 0.717) is 0 Å². The first-order valence-corrected chi connectivity index (χ1v) is 14.8. The molecule has 0 N–H and O–H groups in total. The van der Waals surface area contributed by atoms with Gasteiger partial charge in [0.1, 0.15) is 0 Å². The van der Waals surface area contributed by atoms with Crippen LogP contribution >= 0.6 is 0 Å². The number of aromatic nitrogens is 2. The monoisotopic (exact) mass is 740 g/mol. The van der Waals surface area contributed by atoms with Gasteiger partial charge in [-0.25, -0.2) is 0 Å². The van der Waals surface area contributed by atoms with Crippen LogP contribution in [-0.2, 0) is 65.4 Å². The summed E-state index contributed by atoms with van der Waals surface area (Å²) in [5.41, 5.74) is 13.2. The van der Waals surface area contributed by atoms with Crippen LogP contribution in [-0.4, -0.2) is 9.97 Å². The van der Waals surface area contributed by atoms with E-state index in [1.165, 1.54) is 0 Å². The molecule has 0 unspecified atom stereocenters. The van der Waals surface area contributed by atoms with Crippen LogP contribution in [0.3, 0.4) is 0 Å². The zero-order valence-corrected chi connectivity index (χ0v) is 31.6. The van der Waals surface area contributed by atoms with Crippen molar-refractivity contribution in [3.8, 4) is 22.3 Å². The fourth-order valence-electron chi connectivity index (χ4n) is 5.30. The predicted octanol–water partition coefficient (Wildman–Crippen LogP) is 10.7. The van der Waals surface area contributed by atoms with Crippen LogP contribution in [0, 0.1) is 26.0 Å². The Labute approximate surface area is 321 Å². The summed E-state index contributed by atoms with van der Waals surface area (Å²) in [6.45, 7) is 4.10. The van der Waals surface area contributed by atoms with Crippen LogP contribution in [0.5, 0.6) is 0 Å². The molecule has 0 saturated carbocycles. The molecule has 0 aliphatic heterocycles. The van der Waals surface area contributed by atoms with E-state index in [1.54, 1.807) is 0 Å². The van der Waals surface area contributed by atoms with Crippen molar-refractivity contribution in [3.05, 3.63) is 167 Å². The third-order valence-corrected chi connectivity index (χ3v) is 7.91. The van der Waals surface area contributed by atoms with Crippen molar-refractivity contribution < 1.29 is 65.4 Å². The van der Waals surface area contributed by atoms with E-state index in [2.05, 4.69) is 147 Å². The molecule has 7 rings (SSSR count). The second kappa shape index (κ2) is 15.5. The summed E-state index contributed by atoms with van der Waals surface area (Å²) in [6.07, 6.45) is 12.4. The van der Waals surface area contributed by atoms with E-state index in [9.17, 15) is 0 Å². The molecule has 0 amide bonds. The van der Waals surface area contributed by atoms with Crippen LogP contribution in [0.4, 0.5) is 0 Å². The summed E-state index contributed by atoms with van der Waals surface area (Å²) in [5.74, 6) is 0. The maximum absolute atomic E-state index is 4.87. The Morgan fingerprint density at radius 2 is 0.804 bits per heavy atom. The molecular formula is C42H30N2Y2-2. The van der Waals surface area contributed by atoms with Crippen LogP contribution in [0.15, 0.2) is 122 Å². The first-order valence-electron chi connectivity index (χ1n) is 14.8. The van der Waals surface area contributed by atoms with E-state index in [-0.39, 0.29) is 65.4 Å². The number of benzene rings is 5. The molecule has 2 radical (unpaired) electrons. The summed E-state index contributed by atoms with van der Waals surface area (Å²) in [5, 5.41) is 2.16. The molecule has 4 heteroatoms. The summed E-state index contributed by atoms with van der Waals surface area (Å²) in [7, 11) is 0. The molecular weight excluding hydrogens is 710 g/mol. The average molecular weight is 741 g/mol. The zero-order chi connectivity index (χ0) is 29.9. The van der Waals surface area contributed by atoms with Gasteiger partial charge in [0.2, 0.25) is 0 Å². The Kier molecular flexibility index (Phi) is 11.4. The normalized spacial score (nSPS) is 11.2. The van der Waals surface area contributed by atoms with Crippen LogP contribution in [0.1, 0.15) is 33.4 Å². The van der Waals surface area contributed by atoms with Gasteiger partial charge in [-0.1, -0.05) is 86.7 Å². The molecule has 0 fully saturated rings. The van der Waals surface area contributed by atoms with Crippen molar-refractivity contribution in [1.29, 1.82) is 0 Å². The summed E-state index contributed by atoms with van der Waals surface area (Å²) >= 11 is 0. The van der Waals surface area contributed by atoms with Gasteiger partial charge in [0.25, 0.3) is 0 Å². The minimum atomic E-state index is 0. The second-order valence-corrected chi connectivity index (χ2v) is 11.2. The van der Waals surface area contributed by atoms with Gasteiger partial charge in [0.05, 0.1) is 11.0 Å². The first kappa shape index (κ1) is 34.0. The van der Waals surface area contributed by atoms with Gasteiger partial charge < -0.3 is 0 Å². The molecule has 2 heterocycles. The molecule has 2 aromatic heterocycles. The largest absolute Gasteiger partial charge is 0.253 e. The molecule has 7 aromatic rings. The smallest absolute Gasteiger partial charge is 0.0965 e. The number of pyridine rings is 2. The van der Waals surface area contributed by atoms with E-state index >= 15 is 0 Å². The summed E-state index contributed by atoms with van der Waals surface area (Å²) in [6, 6.07) is 44.8. The van der Waals surface area contributed by atoms with Crippen LogP contribution in [0.2, 0.25) is 0 Å². The first-order chi connectivity index (χ1) is 21.6. The van der Waals surface area contributed by atoms with Gasteiger partial charge in [0, 0.05) is 99.7 Å². The Morgan fingerprint density at radius 1 is 0.435 bits per heavy atom. The molecule has 0 bridgehead atoms. The van der Waals surface area contributed by atoms with Gasteiger partial charge in [-0.05, 0) is 34.4 Å². The molecule has 46 heavy (non-hydrogen) atoms. The Morgan fingerprint density at radius 3 is 1.17 bits per heavy atom. The van der Waals surface area contributed by atoms with Crippen molar-refractivity contribution >= 4 is 46.1 Å². The second-order valence-electron chi connectivity index (χ2n) is 11.2. The van der Waals surface area contributed by atoms with Crippen LogP contribution < -0.4 is 0 Å². The Hall–Kier alpha value is -3.39. The molecule has 0 saturated heterocycles. The van der Waals surface area contributed by atoms with Gasteiger partial charge in [-0.15, -0.1) is 23.3 Å². The summed E-state index contributed by atoms with van der Waals surface area (Å²) in [4.78, 5) is 9.73.